The van der Waals surface area contributed by atoms with Crippen LogP contribution in [0.2, 0.25) is 0 Å². The van der Waals surface area contributed by atoms with Gasteiger partial charge in [-0.25, -0.2) is 0 Å². The number of methoxy groups -OCH3 is 1. The first-order valence-electron chi connectivity index (χ1n) is 5.77. The molecule has 0 radical (unpaired) electrons. The van der Waals surface area contributed by atoms with Gasteiger partial charge in [-0.05, 0) is 19.1 Å². The van der Waals surface area contributed by atoms with Crippen molar-refractivity contribution in [1.29, 1.82) is 0 Å². The Morgan fingerprint density at radius 1 is 1.47 bits per heavy atom. The van der Waals surface area contributed by atoms with Crippen molar-refractivity contribution in [1.82, 2.24) is 9.78 Å². The van der Waals surface area contributed by atoms with Gasteiger partial charge < -0.3 is 15.8 Å². The van der Waals surface area contributed by atoms with E-state index in [9.17, 15) is 4.79 Å². The maximum Gasteiger partial charge on any atom is 0.262 e. The van der Waals surface area contributed by atoms with Crippen molar-refractivity contribution in [2.75, 3.05) is 18.2 Å². The number of aryl methyl sites for hydroxylation is 2. The van der Waals surface area contributed by atoms with E-state index >= 15 is 0 Å². The average Bonchev–Trinajstić information content (AvgIpc) is 2.67. The second-order valence-electron chi connectivity index (χ2n) is 4.17. The van der Waals surface area contributed by atoms with Gasteiger partial charge in [0.15, 0.2) is 0 Å². The van der Waals surface area contributed by atoms with Gasteiger partial charge in [-0.3, -0.25) is 9.48 Å². The number of carbonyl (C=O) groups excluding carboxylic acids is 1. The molecule has 1 aromatic heterocycles. The van der Waals surface area contributed by atoms with Crippen LogP contribution in [0.15, 0.2) is 24.3 Å². The number of amides is 1. The summed E-state index contributed by atoms with van der Waals surface area (Å²) in [5, 5.41) is 6.93. The van der Waals surface area contributed by atoms with Gasteiger partial charge in [0.1, 0.15) is 17.1 Å². The maximum atomic E-state index is 12.3. The molecule has 0 fully saturated rings. The molecule has 0 atom stereocenters. The first-order chi connectivity index (χ1) is 9.02. The van der Waals surface area contributed by atoms with Crippen molar-refractivity contribution in [3.8, 4) is 5.75 Å². The molecule has 0 unspecified atom stereocenters. The summed E-state index contributed by atoms with van der Waals surface area (Å²) in [7, 11) is 3.26. The second kappa shape index (κ2) is 5.01. The zero-order valence-electron chi connectivity index (χ0n) is 11.1. The van der Waals surface area contributed by atoms with Gasteiger partial charge in [-0.2, -0.15) is 5.10 Å². The zero-order chi connectivity index (χ0) is 14.0. The Morgan fingerprint density at radius 3 is 2.79 bits per heavy atom. The standard InChI is InChI=1S/C13H16N4O2/c1-8-7-11(17(2)16-8)15-13(18)12-9(14)5-4-6-10(12)19-3/h4-7H,14H2,1-3H3,(H,15,18). The second-order valence-corrected chi connectivity index (χ2v) is 4.17. The van der Waals surface area contributed by atoms with Crippen LogP contribution in [0.4, 0.5) is 11.5 Å². The van der Waals surface area contributed by atoms with Crippen LogP contribution in [0.1, 0.15) is 16.1 Å². The van der Waals surface area contributed by atoms with Crippen LogP contribution in [0, 0.1) is 6.92 Å². The SMILES string of the molecule is COc1cccc(N)c1C(=O)Nc1cc(C)nn1C. The highest BCUT2D eigenvalue weighted by atomic mass is 16.5. The van der Waals surface area contributed by atoms with Crippen molar-refractivity contribution >= 4 is 17.4 Å². The lowest BCUT2D eigenvalue weighted by Gasteiger charge is -2.11. The summed E-state index contributed by atoms with van der Waals surface area (Å²) in [5.74, 6) is 0.724. The summed E-state index contributed by atoms with van der Waals surface area (Å²) in [5.41, 5.74) is 7.35. The van der Waals surface area contributed by atoms with Crippen LogP contribution < -0.4 is 15.8 Å². The van der Waals surface area contributed by atoms with Crippen LogP contribution >= 0.6 is 0 Å². The van der Waals surface area contributed by atoms with Gasteiger partial charge in [-0.1, -0.05) is 6.07 Å². The molecule has 0 saturated heterocycles. The Labute approximate surface area is 111 Å². The average molecular weight is 260 g/mol. The topological polar surface area (TPSA) is 82.2 Å². The molecule has 0 aliphatic heterocycles. The summed E-state index contributed by atoms with van der Waals surface area (Å²) in [6, 6.07) is 6.87. The van der Waals surface area contributed by atoms with Crippen molar-refractivity contribution in [3.05, 3.63) is 35.5 Å². The van der Waals surface area contributed by atoms with Crippen LogP contribution in [0.25, 0.3) is 0 Å². The summed E-state index contributed by atoms with van der Waals surface area (Å²) in [6.07, 6.45) is 0. The zero-order valence-corrected chi connectivity index (χ0v) is 11.1. The third kappa shape index (κ3) is 2.52. The molecule has 0 bridgehead atoms. The minimum Gasteiger partial charge on any atom is -0.496 e. The lowest BCUT2D eigenvalue weighted by Crippen LogP contribution is -2.17. The van der Waals surface area contributed by atoms with E-state index in [2.05, 4.69) is 10.4 Å². The molecule has 0 spiro atoms. The number of ether oxygens (including phenoxy) is 1. The minimum atomic E-state index is -0.321. The fourth-order valence-electron chi connectivity index (χ4n) is 1.87. The highest BCUT2D eigenvalue weighted by molar-refractivity contribution is 6.09. The molecular weight excluding hydrogens is 244 g/mol. The number of nitrogens with one attached hydrogen (secondary N) is 1. The molecule has 0 saturated carbocycles. The molecule has 0 aliphatic carbocycles. The molecule has 1 amide bonds. The van der Waals surface area contributed by atoms with E-state index in [-0.39, 0.29) is 5.91 Å². The van der Waals surface area contributed by atoms with Crippen LogP contribution in [-0.2, 0) is 7.05 Å². The normalized spacial score (nSPS) is 10.3. The molecule has 6 nitrogen and oxygen atoms in total. The summed E-state index contributed by atoms with van der Waals surface area (Å²) >= 11 is 0. The lowest BCUT2D eigenvalue weighted by molar-refractivity contribution is 0.102. The predicted octanol–water partition coefficient (Wildman–Crippen LogP) is 1.57. The fraction of sp³-hybridized carbons (Fsp3) is 0.231. The summed E-state index contributed by atoms with van der Waals surface area (Å²) < 4.78 is 6.75. The van der Waals surface area contributed by atoms with Crippen molar-refractivity contribution in [3.63, 3.8) is 0 Å². The number of aromatic nitrogens is 2. The number of nitrogens with zero attached hydrogens (tertiary/aromatic N) is 2. The van der Waals surface area contributed by atoms with Gasteiger partial charge >= 0.3 is 0 Å². The Bertz CT molecular complexity index is 619. The predicted molar refractivity (Wildman–Crippen MR) is 73.3 cm³/mol. The number of anilines is 2. The van der Waals surface area contributed by atoms with E-state index in [0.717, 1.165) is 5.69 Å². The summed E-state index contributed by atoms with van der Waals surface area (Å²) in [4.78, 5) is 12.3. The third-order valence-corrected chi connectivity index (χ3v) is 2.75. The number of hydrogen-bond donors (Lipinski definition) is 2. The third-order valence-electron chi connectivity index (χ3n) is 2.75. The Morgan fingerprint density at radius 2 is 2.21 bits per heavy atom. The van der Waals surface area contributed by atoms with Gasteiger partial charge in [0, 0.05) is 18.8 Å². The largest absolute Gasteiger partial charge is 0.496 e. The van der Waals surface area contributed by atoms with Crippen LogP contribution in [0.5, 0.6) is 5.75 Å². The molecule has 3 N–H and O–H groups in total. The maximum absolute atomic E-state index is 12.3. The minimum absolute atomic E-state index is 0.321. The molecule has 1 aromatic carbocycles. The Balaban J connectivity index is 2.33. The van der Waals surface area contributed by atoms with E-state index in [1.165, 1.54) is 7.11 Å². The molecule has 2 rings (SSSR count). The molecule has 6 heteroatoms. The first kappa shape index (κ1) is 12.9. The van der Waals surface area contributed by atoms with E-state index < -0.39 is 0 Å². The lowest BCUT2D eigenvalue weighted by atomic mass is 10.1. The van der Waals surface area contributed by atoms with Gasteiger partial charge in [0.2, 0.25) is 0 Å². The molecule has 19 heavy (non-hydrogen) atoms. The van der Waals surface area contributed by atoms with E-state index in [1.807, 2.05) is 6.92 Å². The Hall–Kier alpha value is -2.50. The van der Waals surface area contributed by atoms with Crippen molar-refractivity contribution in [2.45, 2.75) is 6.92 Å². The molecule has 0 aliphatic rings. The van der Waals surface area contributed by atoms with Crippen molar-refractivity contribution in [2.24, 2.45) is 7.05 Å². The monoisotopic (exact) mass is 260 g/mol. The number of benzene rings is 1. The van der Waals surface area contributed by atoms with E-state index in [0.29, 0.717) is 22.8 Å². The number of rotatable bonds is 3. The van der Waals surface area contributed by atoms with Crippen molar-refractivity contribution < 1.29 is 9.53 Å². The van der Waals surface area contributed by atoms with Gasteiger partial charge in [-0.15, -0.1) is 0 Å². The molecular formula is C13H16N4O2. The quantitative estimate of drug-likeness (QED) is 0.821. The molecule has 1 heterocycles. The van der Waals surface area contributed by atoms with Gasteiger partial charge in [0.05, 0.1) is 12.8 Å². The molecule has 100 valence electrons. The van der Waals surface area contributed by atoms with Crippen LogP contribution in [-0.4, -0.2) is 22.8 Å². The number of carbonyl (C=O) groups is 1. The summed E-state index contributed by atoms with van der Waals surface area (Å²) in [6.45, 7) is 1.85. The number of nitrogen functional groups attached to an aromatic ring is 1. The number of nitrogens with two attached hydrogens (primary N) is 1. The van der Waals surface area contributed by atoms with E-state index in [4.69, 9.17) is 10.5 Å². The van der Waals surface area contributed by atoms with Gasteiger partial charge in [0.25, 0.3) is 5.91 Å². The highest BCUT2D eigenvalue weighted by Crippen LogP contribution is 2.25. The first-order valence-corrected chi connectivity index (χ1v) is 5.77. The fourth-order valence-corrected chi connectivity index (χ4v) is 1.87. The Kier molecular flexibility index (Phi) is 3.41. The highest BCUT2D eigenvalue weighted by Gasteiger charge is 2.17. The smallest absolute Gasteiger partial charge is 0.262 e. The van der Waals surface area contributed by atoms with E-state index in [1.54, 1.807) is 36.0 Å². The van der Waals surface area contributed by atoms with Crippen LogP contribution in [0.3, 0.4) is 0 Å². The number of hydrogen-bond acceptors (Lipinski definition) is 4. The molecule has 2 aromatic rings.